The van der Waals surface area contributed by atoms with Crippen molar-refractivity contribution >= 4 is 5.91 Å². The Morgan fingerprint density at radius 3 is 2.71 bits per heavy atom. The van der Waals surface area contributed by atoms with Crippen molar-refractivity contribution in [3.63, 3.8) is 0 Å². The van der Waals surface area contributed by atoms with Crippen molar-refractivity contribution in [3.05, 3.63) is 23.8 Å². The second-order valence-electron chi connectivity index (χ2n) is 5.46. The fourth-order valence-corrected chi connectivity index (χ4v) is 2.20. The molecule has 1 aliphatic rings. The van der Waals surface area contributed by atoms with E-state index >= 15 is 0 Å². The van der Waals surface area contributed by atoms with Gasteiger partial charge in [0.2, 0.25) is 12.7 Å². The number of aliphatic hydroxyl groups excluding tert-OH is 1. The lowest BCUT2D eigenvalue weighted by atomic mass is 10.0. The Morgan fingerprint density at radius 2 is 2.05 bits per heavy atom. The van der Waals surface area contributed by atoms with E-state index in [1.807, 2.05) is 25.1 Å². The van der Waals surface area contributed by atoms with E-state index < -0.39 is 12.1 Å². The highest BCUT2D eigenvalue weighted by molar-refractivity contribution is 5.82. The van der Waals surface area contributed by atoms with Gasteiger partial charge in [-0.1, -0.05) is 6.07 Å². The third-order valence-corrected chi connectivity index (χ3v) is 3.78. The van der Waals surface area contributed by atoms with Gasteiger partial charge in [-0.15, -0.1) is 0 Å². The van der Waals surface area contributed by atoms with Crippen LogP contribution < -0.4 is 15.2 Å². The molecule has 0 spiro atoms. The number of amides is 1. The van der Waals surface area contributed by atoms with Crippen LogP contribution in [-0.2, 0) is 11.2 Å². The second kappa shape index (κ2) is 6.32. The lowest BCUT2D eigenvalue weighted by molar-refractivity contribution is -0.135. The molecule has 0 aromatic heterocycles. The molecule has 6 heteroatoms. The zero-order valence-corrected chi connectivity index (χ0v) is 12.6. The highest BCUT2D eigenvalue weighted by atomic mass is 16.7. The summed E-state index contributed by atoms with van der Waals surface area (Å²) in [6, 6.07) is 4.81. The average Bonchev–Trinajstić information content (AvgIpc) is 2.92. The van der Waals surface area contributed by atoms with Crippen LogP contribution in [0.1, 0.15) is 19.4 Å². The number of carbonyl (C=O) groups excluding carboxylic acids is 1. The van der Waals surface area contributed by atoms with E-state index in [1.54, 1.807) is 11.9 Å². The normalized spacial score (nSPS) is 17.2. The Morgan fingerprint density at radius 1 is 1.38 bits per heavy atom. The van der Waals surface area contributed by atoms with Crippen molar-refractivity contribution in [2.75, 3.05) is 13.8 Å². The molecule has 1 aromatic rings. The van der Waals surface area contributed by atoms with E-state index in [0.717, 1.165) is 17.1 Å². The number of hydrogen-bond acceptors (Lipinski definition) is 5. The molecule has 1 amide bonds. The molecule has 116 valence electrons. The molecular formula is C15H22N2O4. The van der Waals surface area contributed by atoms with Gasteiger partial charge in [-0.3, -0.25) is 4.79 Å². The van der Waals surface area contributed by atoms with E-state index in [1.165, 1.54) is 6.92 Å². The van der Waals surface area contributed by atoms with Crippen LogP contribution in [0, 0.1) is 0 Å². The van der Waals surface area contributed by atoms with Gasteiger partial charge >= 0.3 is 0 Å². The summed E-state index contributed by atoms with van der Waals surface area (Å²) in [5, 5.41) is 9.41. The van der Waals surface area contributed by atoms with Crippen LogP contribution in [0.4, 0.5) is 0 Å². The zero-order valence-electron chi connectivity index (χ0n) is 12.6. The Bertz CT molecular complexity index is 518. The topological polar surface area (TPSA) is 85.0 Å². The number of ether oxygens (including phenoxy) is 2. The van der Waals surface area contributed by atoms with Crippen molar-refractivity contribution in [1.29, 1.82) is 0 Å². The number of nitrogens with two attached hydrogens (primary N) is 1. The van der Waals surface area contributed by atoms with Gasteiger partial charge < -0.3 is 25.2 Å². The van der Waals surface area contributed by atoms with Gasteiger partial charge in [0.25, 0.3) is 0 Å². The quantitative estimate of drug-likeness (QED) is 0.826. The number of rotatable bonds is 5. The van der Waals surface area contributed by atoms with Crippen LogP contribution in [0.15, 0.2) is 18.2 Å². The Kier molecular flexibility index (Phi) is 4.69. The minimum Gasteiger partial charge on any atom is -0.454 e. The first kappa shape index (κ1) is 15.6. The summed E-state index contributed by atoms with van der Waals surface area (Å²) in [7, 11) is 1.70. The number of fused-ring (bicyclic) bond motifs is 1. The molecule has 6 nitrogen and oxygen atoms in total. The maximum absolute atomic E-state index is 12.1. The molecule has 0 aliphatic carbocycles. The molecule has 3 unspecified atom stereocenters. The number of aliphatic hydroxyl groups is 1. The average molecular weight is 294 g/mol. The van der Waals surface area contributed by atoms with Gasteiger partial charge in [0.15, 0.2) is 11.5 Å². The first-order chi connectivity index (χ1) is 9.90. The lowest BCUT2D eigenvalue weighted by Gasteiger charge is -2.28. The summed E-state index contributed by atoms with van der Waals surface area (Å²) in [6.07, 6.45) is -0.191. The van der Waals surface area contributed by atoms with Crippen molar-refractivity contribution < 1.29 is 19.4 Å². The SMILES string of the molecule is CC(O)C(N)C(=O)N(C)C(C)Cc1ccc2c(c1)OCO2. The molecule has 0 bridgehead atoms. The molecule has 1 aromatic carbocycles. The van der Waals surface area contributed by atoms with Crippen LogP contribution in [0.5, 0.6) is 11.5 Å². The van der Waals surface area contributed by atoms with Gasteiger partial charge in [0, 0.05) is 13.1 Å². The Hall–Kier alpha value is -1.79. The number of carbonyl (C=O) groups is 1. The second-order valence-corrected chi connectivity index (χ2v) is 5.46. The molecule has 0 fully saturated rings. The summed E-state index contributed by atoms with van der Waals surface area (Å²) in [6.45, 7) is 3.70. The van der Waals surface area contributed by atoms with E-state index in [4.69, 9.17) is 15.2 Å². The first-order valence-electron chi connectivity index (χ1n) is 6.99. The van der Waals surface area contributed by atoms with E-state index in [2.05, 4.69) is 0 Å². The molecule has 1 aliphatic heterocycles. The molecular weight excluding hydrogens is 272 g/mol. The standard InChI is InChI=1S/C15H22N2O4/c1-9(17(3)15(19)14(16)10(2)18)6-11-4-5-12-13(7-11)21-8-20-12/h4-5,7,9-10,14,18H,6,8,16H2,1-3H3. The van der Waals surface area contributed by atoms with Gasteiger partial charge in [0.1, 0.15) is 6.04 Å². The number of benzene rings is 1. The molecule has 0 radical (unpaired) electrons. The molecule has 2 rings (SSSR count). The summed E-state index contributed by atoms with van der Waals surface area (Å²) in [5.74, 6) is 1.21. The minimum absolute atomic E-state index is 0.0392. The van der Waals surface area contributed by atoms with Crippen LogP contribution >= 0.6 is 0 Å². The lowest BCUT2D eigenvalue weighted by Crippen LogP contribution is -2.50. The van der Waals surface area contributed by atoms with Crippen LogP contribution in [0.2, 0.25) is 0 Å². The van der Waals surface area contributed by atoms with Crippen molar-refractivity contribution in [2.24, 2.45) is 5.73 Å². The minimum atomic E-state index is -0.894. The first-order valence-corrected chi connectivity index (χ1v) is 6.99. The summed E-state index contributed by atoms with van der Waals surface area (Å²) >= 11 is 0. The highest BCUT2D eigenvalue weighted by Crippen LogP contribution is 2.32. The smallest absolute Gasteiger partial charge is 0.242 e. The van der Waals surface area contributed by atoms with Crippen molar-refractivity contribution in [3.8, 4) is 11.5 Å². The molecule has 0 saturated carbocycles. The Balaban J connectivity index is 2.00. The van der Waals surface area contributed by atoms with Crippen LogP contribution in [0.25, 0.3) is 0 Å². The Labute approximate surface area is 124 Å². The summed E-state index contributed by atoms with van der Waals surface area (Å²) in [4.78, 5) is 13.7. The van der Waals surface area contributed by atoms with Gasteiger partial charge in [-0.2, -0.15) is 0 Å². The summed E-state index contributed by atoms with van der Waals surface area (Å²) in [5.41, 5.74) is 6.74. The fourth-order valence-electron chi connectivity index (χ4n) is 2.20. The van der Waals surface area contributed by atoms with Crippen LogP contribution in [-0.4, -0.2) is 47.9 Å². The van der Waals surface area contributed by atoms with E-state index in [9.17, 15) is 9.90 Å². The third-order valence-electron chi connectivity index (χ3n) is 3.78. The maximum atomic E-state index is 12.1. The third kappa shape index (κ3) is 3.46. The number of likely N-dealkylation sites (N-methyl/N-ethyl adjacent to an activating group) is 1. The fraction of sp³-hybridized carbons (Fsp3) is 0.533. The summed E-state index contributed by atoms with van der Waals surface area (Å²) < 4.78 is 10.6. The van der Waals surface area contributed by atoms with E-state index in [0.29, 0.717) is 6.42 Å². The predicted octanol–water partition coefficient (Wildman–Crippen LogP) is 0.513. The predicted molar refractivity (Wildman–Crippen MR) is 78.2 cm³/mol. The zero-order chi connectivity index (χ0) is 15.6. The highest BCUT2D eigenvalue weighted by Gasteiger charge is 2.25. The molecule has 3 atom stereocenters. The van der Waals surface area contributed by atoms with E-state index in [-0.39, 0.29) is 18.7 Å². The molecule has 0 saturated heterocycles. The van der Waals surface area contributed by atoms with Gasteiger partial charge in [-0.25, -0.2) is 0 Å². The van der Waals surface area contributed by atoms with Gasteiger partial charge in [-0.05, 0) is 38.0 Å². The van der Waals surface area contributed by atoms with Crippen molar-refractivity contribution in [1.82, 2.24) is 4.90 Å². The largest absolute Gasteiger partial charge is 0.454 e. The molecule has 21 heavy (non-hydrogen) atoms. The maximum Gasteiger partial charge on any atom is 0.242 e. The molecule has 3 N–H and O–H groups in total. The monoisotopic (exact) mass is 294 g/mol. The number of nitrogens with zero attached hydrogens (tertiary/aromatic N) is 1. The van der Waals surface area contributed by atoms with Crippen LogP contribution in [0.3, 0.4) is 0 Å². The van der Waals surface area contributed by atoms with Crippen molar-refractivity contribution in [2.45, 2.75) is 38.5 Å². The number of hydrogen-bond donors (Lipinski definition) is 2. The van der Waals surface area contributed by atoms with Gasteiger partial charge in [0.05, 0.1) is 6.10 Å². The molecule has 1 heterocycles.